The number of hydrogen-bond acceptors (Lipinski definition) is 3. The van der Waals surface area contributed by atoms with Gasteiger partial charge in [-0.1, -0.05) is 18.7 Å². The maximum atomic E-state index is 11.5. The number of benzene rings is 1. The molecule has 0 aliphatic carbocycles. The summed E-state index contributed by atoms with van der Waals surface area (Å²) < 4.78 is 10.0. The average molecular weight is 206 g/mol. The Morgan fingerprint density at radius 2 is 2.27 bits per heavy atom. The number of carbonyl (C=O) groups excluding carboxylic acids is 1. The van der Waals surface area contributed by atoms with E-state index in [4.69, 9.17) is 9.47 Å². The Balaban J connectivity index is 2.85. The van der Waals surface area contributed by atoms with Gasteiger partial charge in [0.1, 0.15) is 12.4 Å². The smallest absolute Gasteiger partial charge is 0.338 e. The molecule has 0 spiro atoms. The molecular weight excluding hydrogens is 192 g/mol. The molecule has 0 saturated heterocycles. The Kier molecular flexibility index (Phi) is 3.92. The third kappa shape index (κ3) is 2.84. The van der Waals surface area contributed by atoms with E-state index < -0.39 is 0 Å². The molecule has 1 aromatic rings. The lowest BCUT2D eigenvalue weighted by Gasteiger charge is -2.06. The summed E-state index contributed by atoms with van der Waals surface area (Å²) in [5.41, 5.74) is 1.47. The average Bonchev–Trinajstić information content (AvgIpc) is 2.26. The molecule has 3 heteroatoms. The molecular formula is C12H14O3. The fraction of sp³-hybridized carbons (Fsp3) is 0.250. The Hall–Kier alpha value is -1.77. The highest BCUT2D eigenvalue weighted by Crippen LogP contribution is 2.19. The number of hydrogen-bond donors (Lipinski definition) is 0. The fourth-order valence-electron chi connectivity index (χ4n) is 1.16. The number of ether oxygens (including phenoxy) is 2. The van der Waals surface area contributed by atoms with Gasteiger partial charge in [0.2, 0.25) is 0 Å². The first-order chi connectivity index (χ1) is 7.19. The molecule has 3 nitrogen and oxygen atoms in total. The summed E-state index contributed by atoms with van der Waals surface area (Å²) in [6.45, 7) is 5.60. The predicted molar refractivity (Wildman–Crippen MR) is 58.2 cm³/mol. The molecule has 1 rings (SSSR count). The van der Waals surface area contributed by atoms with Crippen LogP contribution < -0.4 is 4.74 Å². The highest BCUT2D eigenvalue weighted by molar-refractivity contribution is 5.90. The minimum absolute atomic E-state index is 0.217. The lowest BCUT2D eigenvalue weighted by molar-refractivity contribution is 0.0549. The molecule has 0 radical (unpaired) electrons. The minimum atomic E-state index is -0.367. The molecule has 0 heterocycles. The molecule has 0 bridgehead atoms. The van der Waals surface area contributed by atoms with Gasteiger partial charge in [0.05, 0.1) is 12.7 Å². The van der Waals surface area contributed by atoms with Crippen molar-refractivity contribution in [1.82, 2.24) is 0 Å². The number of rotatable bonds is 4. The van der Waals surface area contributed by atoms with Gasteiger partial charge in [-0.3, -0.25) is 0 Å². The topological polar surface area (TPSA) is 35.5 Å². The van der Waals surface area contributed by atoms with Crippen LogP contribution in [0.3, 0.4) is 0 Å². The van der Waals surface area contributed by atoms with Crippen LogP contribution in [0.2, 0.25) is 0 Å². The third-order valence-corrected chi connectivity index (χ3v) is 1.98. The largest absolute Gasteiger partial charge is 0.496 e. The first kappa shape index (κ1) is 11.3. The van der Waals surface area contributed by atoms with Gasteiger partial charge in [-0.2, -0.15) is 0 Å². The summed E-state index contributed by atoms with van der Waals surface area (Å²) in [7, 11) is 1.57. The van der Waals surface area contributed by atoms with Crippen molar-refractivity contribution >= 4 is 5.97 Å². The van der Waals surface area contributed by atoms with Crippen molar-refractivity contribution in [2.24, 2.45) is 0 Å². The van der Waals surface area contributed by atoms with E-state index in [1.807, 2.05) is 13.0 Å². The van der Waals surface area contributed by atoms with Crippen LogP contribution in [0.5, 0.6) is 5.75 Å². The fourth-order valence-corrected chi connectivity index (χ4v) is 1.16. The lowest BCUT2D eigenvalue weighted by Crippen LogP contribution is -2.05. The second-order valence-electron chi connectivity index (χ2n) is 3.07. The lowest BCUT2D eigenvalue weighted by atomic mass is 10.1. The van der Waals surface area contributed by atoms with Gasteiger partial charge in [0.15, 0.2) is 0 Å². The van der Waals surface area contributed by atoms with E-state index in [-0.39, 0.29) is 12.6 Å². The summed E-state index contributed by atoms with van der Waals surface area (Å²) in [4.78, 5) is 11.5. The van der Waals surface area contributed by atoms with Gasteiger partial charge in [-0.25, -0.2) is 4.79 Å². The summed E-state index contributed by atoms with van der Waals surface area (Å²) >= 11 is 0. The number of methoxy groups -OCH3 is 1. The van der Waals surface area contributed by atoms with Crippen molar-refractivity contribution in [3.05, 3.63) is 42.0 Å². The van der Waals surface area contributed by atoms with Gasteiger partial charge >= 0.3 is 5.97 Å². The second-order valence-corrected chi connectivity index (χ2v) is 3.07. The molecule has 0 unspecified atom stereocenters. The maximum Gasteiger partial charge on any atom is 0.338 e. The van der Waals surface area contributed by atoms with E-state index >= 15 is 0 Å². The monoisotopic (exact) mass is 206 g/mol. The van der Waals surface area contributed by atoms with E-state index in [0.29, 0.717) is 11.3 Å². The third-order valence-electron chi connectivity index (χ3n) is 1.98. The zero-order valence-electron chi connectivity index (χ0n) is 8.95. The van der Waals surface area contributed by atoms with E-state index in [1.54, 1.807) is 19.2 Å². The van der Waals surface area contributed by atoms with Crippen molar-refractivity contribution < 1.29 is 14.3 Å². The number of aryl methyl sites for hydroxylation is 1. The first-order valence-corrected chi connectivity index (χ1v) is 4.61. The van der Waals surface area contributed by atoms with Crippen LogP contribution in [0.1, 0.15) is 15.9 Å². The van der Waals surface area contributed by atoms with E-state index in [1.165, 1.54) is 6.08 Å². The number of carbonyl (C=O) groups is 1. The Labute approximate surface area is 89.3 Å². The summed E-state index contributed by atoms with van der Waals surface area (Å²) in [5, 5.41) is 0. The van der Waals surface area contributed by atoms with Gasteiger partial charge < -0.3 is 9.47 Å². The normalized spacial score (nSPS) is 9.47. The Morgan fingerprint density at radius 1 is 1.53 bits per heavy atom. The zero-order chi connectivity index (χ0) is 11.3. The molecule has 0 N–H and O–H groups in total. The highest BCUT2D eigenvalue weighted by Gasteiger charge is 2.08. The van der Waals surface area contributed by atoms with Gasteiger partial charge in [0.25, 0.3) is 0 Å². The zero-order valence-corrected chi connectivity index (χ0v) is 8.95. The van der Waals surface area contributed by atoms with Gasteiger partial charge in [-0.05, 0) is 24.6 Å². The van der Waals surface area contributed by atoms with Crippen LogP contribution in [0.4, 0.5) is 0 Å². The second kappa shape index (κ2) is 5.20. The summed E-state index contributed by atoms with van der Waals surface area (Å²) in [6, 6.07) is 5.20. The van der Waals surface area contributed by atoms with Crippen molar-refractivity contribution in [2.75, 3.05) is 13.7 Å². The van der Waals surface area contributed by atoms with Crippen molar-refractivity contribution in [1.29, 1.82) is 0 Å². The van der Waals surface area contributed by atoms with Gasteiger partial charge in [0, 0.05) is 0 Å². The van der Waals surface area contributed by atoms with Crippen LogP contribution in [0.25, 0.3) is 0 Å². The Bertz CT molecular complexity index is 369. The molecule has 0 aliphatic heterocycles. The standard InChI is InChI=1S/C12H14O3/c1-4-7-15-12(13)10-6-5-9(2)11(8-10)14-3/h4-6,8H,1,7H2,2-3H3. The minimum Gasteiger partial charge on any atom is -0.496 e. The van der Waals surface area contributed by atoms with Crippen molar-refractivity contribution in [3.63, 3.8) is 0 Å². The number of esters is 1. The molecule has 0 fully saturated rings. The van der Waals surface area contributed by atoms with Crippen LogP contribution in [0.15, 0.2) is 30.9 Å². The molecule has 0 amide bonds. The van der Waals surface area contributed by atoms with Gasteiger partial charge in [-0.15, -0.1) is 0 Å². The van der Waals surface area contributed by atoms with E-state index in [0.717, 1.165) is 5.56 Å². The predicted octanol–water partition coefficient (Wildman–Crippen LogP) is 2.35. The summed E-state index contributed by atoms with van der Waals surface area (Å²) in [6.07, 6.45) is 1.53. The van der Waals surface area contributed by atoms with E-state index in [2.05, 4.69) is 6.58 Å². The van der Waals surface area contributed by atoms with Crippen LogP contribution in [-0.2, 0) is 4.74 Å². The Morgan fingerprint density at radius 3 is 2.87 bits per heavy atom. The molecule has 0 atom stereocenters. The van der Waals surface area contributed by atoms with Crippen LogP contribution >= 0.6 is 0 Å². The van der Waals surface area contributed by atoms with E-state index in [9.17, 15) is 4.79 Å². The molecule has 15 heavy (non-hydrogen) atoms. The van der Waals surface area contributed by atoms with Crippen molar-refractivity contribution in [2.45, 2.75) is 6.92 Å². The SMILES string of the molecule is C=CCOC(=O)c1ccc(C)c(OC)c1. The van der Waals surface area contributed by atoms with Crippen LogP contribution in [0, 0.1) is 6.92 Å². The quantitative estimate of drug-likeness (QED) is 0.560. The first-order valence-electron chi connectivity index (χ1n) is 4.61. The van der Waals surface area contributed by atoms with Crippen molar-refractivity contribution in [3.8, 4) is 5.75 Å². The molecule has 1 aromatic carbocycles. The highest BCUT2D eigenvalue weighted by atomic mass is 16.5. The molecule has 0 aliphatic rings. The molecule has 0 aromatic heterocycles. The molecule has 0 saturated carbocycles. The molecule has 80 valence electrons. The summed E-state index contributed by atoms with van der Waals surface area (Å²) in [5.74, 6) is 0.316. The maximum absolute atomic E-state index is 11.5. The van der Waals surface area contributed by atoms with Crippen LogP contribution in [-0.4, -0.2) is 19.7 Å².